The molecule has 0 fully saturated rings. The molecule has 14 heavy (non-hydrogen) atoms. The molecular weight excluding hydrogens is 186 g/mol. The molecule has 1 aromatic carbocycles. The van der Waals surface area contributed by atoms with Crippen molar-refractivity contribution >= 4 is 10.9 Å². The van der Waals surface area contributed by atoms with Crippen molar-refractivity contribution in [2.45, 2.75) is 19.8 Å². The van der Waals surface area contributed by atoms with Crippen molar-refractivity contribution in [1.29, 1.82) is 0 Å². The Morgan fingerprint density at radius 3 is 2.71 bits per heavy atom. The van der Waals surface area contributed by atoms with Crippen molar-refractivity contribution in [2.75, 3.05) is 0 Å². The molecule has 0 saturated carbocycles. The Morgan fingerprint density at radius 1 is 1.36 bits per heavy atom. The van der Waals surface area contributed by atoms with Crippen LogP contribution in [0.15, 0.2) is 12.3 Å². The fourth-order valence-corrected chi connectivity index (χ4v) is 1.62. The maximum Gasteiger partial charge on any atom is 0.163 e. The van der Waals surface area contributed by atoms with E-state index in [-0.39, 0.29) is 5.92 Å². The minimum atomic E-state index is -0.828. The predicted molar refractivity (Wildman–Crippen MR) is 50.1 cm³/mol. The fraction of sp³-hybridized carbons (Fsp3) is 0.300. The average Bonchev–Trinajstić information content (AvgIpc) is 2.52. The van der Waals surface area contributed by atoms with Gasteiger partial charge >= 0.3 is 0 Å². The number of halogens is 2. The molecule has 1 heterocycles. The minimum Gasteiger partial charge on any atom is -0.278 e. The van der Waals surface area contributed by atoms with Crippen LogP contribution in [0.1, 0.15) is 25.3 Å². The minimum absolute atomic E-state index is 0.0641. The van der Waals surface area contributed by atoms with Crippen molar-refractivity contribution < 1.29 is 8.78 Å². The van der Waals surface area contributed by atoms with Crippen LogP contribution < -0.4 is 0 Å². The van der Waals surface area contributed by atoms with Crippen LogP contribution in [0.3, 0.4) is 0 Å². The van der Waals surface area contributed by atoms with Crippen molar-refractivity contribution in [1.82, 2.24) is 10.2 Å². The predicted octanol–water partition coefficient (Wildman–Crippen LogP) is 2.96. The monoisotopic (exact) mass is 196 g/mol. The number of rotatable bonds is 1. The van der Waals surface area contributed by atoms with Crippen LogP contribution in [-0.2, 0) is 0 Å². The molecule has 2 nitrogen and oxygen atoms in total. The summed E-state index contributed by atoms with van der Waals surface area (Å²) in [4.78, 5) is 0. The highest BCUT2D eigenvalue weighted by molar-refractivity contribution is 5.82. The molecule has 0 saturated heterocycles. The number of fused-ring (bicyclic) bond motifs is 1. The van der Waals surface area contributed by atoms with E-state index in [1.165, 1.54) is 6.20 Å². The van der Waals surface area contributed by atoms with Crippen molar-refractivity contribution in [3.63, 3.8) is 0 Å². The summed E-state index contributed by atoms with van der Waals surface area (Å²) in [6, 6.07) is 1.13. The van der Waals surface area contributed by atoms with Crippen molar-refractivity contribution in [3.05, 3.63) is 29.5 Å². The van der Waals surface area contributed by atoms with E-state index >= 15 is 0 Å². The molecule has 0 aliphatic carbocycles. The third-order valence-electron chi connectivity index (χ3n) is 2.25. The summed E-state index contributed by atoms with van der Waals surface area (Å²) in [7, 11) is 0. The Hall–Kier alpha value is -1.45. The van der Waals surface area contributed by atoms with Gasteiger partial charge in [-0.2, -0.15) is 5.10 Å². The highest BCUT2D eigenvalue weighted by Gasteiger charge is 2.16. The quantitative estimate of drug-likeness (QED) is 0.746. The second-order valence-electron chi connectivity index (χ2n) is 3.57. The van der Waals surface area contributed by atoms with Crippen LogP contribution in [0.2, 0.25) is 0 Å². The van der Waals surface area contributed by atoms with Gasteiger partial charge in [0.2, 0.25) is 0 Å². The van der Waals surface area contributed by atoms with Crippen LogP contribution in [-0.4, -0.2) is 10.2 Å². The molecule has 0 aliphatic heterocycles. The molecule has 1 aromatic heterocycles. The molecule has 1 N–H and O–H groups in total. The lowest BCUT2D eigenvalue weighted by Crippen LogP contribution is -1.97. The SMILES string of the molecule is CC(C)c1c(F)c(F)cc2[nH]ncc12. The van der Waals surface area contributed by atoms with Crippen molar-refractivity contribution in [2.24, 2.45) is 0 Å². The second kappa shape index (κ2) is 3.04. The number of aromatic amines is 1. The Kier molecular flexibility index (Phi) is 1.98. The molecule has 4 heteroatoms. The average molecular weight is 196 g/mol. The van der Waals surface area contributed by atoms with Gasteiger partial charge in [-0.05, 0) is 5.92 Å². The van der Waals surface area contributed by atoms with Gasteiger partial charge in [0.25, 0.3) is 0 Å². The molecule has 2 rings (SSSR count). The van der Waals surface area contributed by atoms with E-state index in [0.29, 0.717) is 16.5 Å². The van der Waals surface area contributed by atoms with E-state index in [0.717, 1.165) is 6.07 Å². The largest absolute Gasteiger partial charge is 0.278 e. The topological polar surface area (TPSA) is 28.7 Å². The van der Waals surface area contributed by atoms with E-state index in [9.17, 15) is 8.78 Å². The summed E-state index contributed by atoms with van der Waals surface area (Å²) in [5.74, 6) is -1.66. The summed E-state index contributed by atoms with van der Waals surface area (Å²) in [6.45, 7) is 3.65. The molecule has 0 aliphatic rings. The molecule has 0 unspecified atom stereocenters. The van der Waals surface area contributed by atoms with E-state index in [1.807, 2.05) is 13.8 Å². The molecule has 0 spiro atoms. The van der Waals surface area contributed by atoms with E-state index in [4.69, 9.17) is 0 Å². The van der Waals surface area contributed by atoms with E-state index < -0.39 is 11.6 Å². The Morgan fingerprint density at radius 2 is 2.07 bits per heavy atom. The first-order valence-electron chi connectivity index (χ1n) is 4.42. The summed E-state index contributed by atoms with van der Waals surface area (Å²) in [5.41, 5.74) is 0.918. The third-order valence-corrected chi connectivity index (χ3v) is 2.25. The van der Waals surface area contributed by atoms with Gasteiger partial charge in [-0.1, -0.05) is 13.8 Å². The van der Waals surface area contributed by atoms with Gasteiger partial charge in [-0.3, -0.25) is 5.10 Å². The van der Waals surface area contributed by atoms with Crippen molar-refractivity contribution in [3.8, 4) is 0 Å². The molecule has 2 aromatic rings. The Bertz CT molecular complexity index is 474. The lowest BCUT2D eigenvalue weighted by atomic mass is 9.98. The molecule has 74 valence electrons. The number of hydrogen-bond acceptors (Lipinski definition) is 1. The number of H-pyrrole nitrogens is 1. The first-order chi connectivity index (χ1) is 6.61. The Balaban J connectivity index is 2.86. The van der Waals surface area contributed by atoms with E-state index in [2.05, 4.69) is 10.2 Å². The zero-order valence-electron chi connectivity index (χ0n) is 7.94. The van der Waals surface area contributed by atoms with Crippen LogP contribution in [0.25, 0.3) is 10.9 Å². The summed E-state index contributed by atoms with van der Waals surface area (Å²) in [6.07, 6.45) is 1.52. The fourth-order valence-electron chi connectivity index (χ4n) is 1.62. The van der Waals surface area contributed by atoms with Gasteiger partial charge in [-0.25, -0.2) is 8.78 Å². The zero-order chi connectivity index (χ0) is 10.3. The smallest absolute Gasteiger partial charge is 0.163 e. The summed E-state index contributed by atoms with van der Waals surface area (Å²) >= 11 is 0. The molecule has 0 bridgehead atoms. The number of hydrogen-bond donors (Lipinski definition) is 1. The molecule has 0 radical (unpaired) electrons. The third kappa shape index (κ3) is 1.18. The standard InChI is InChI=1S/C10H10F2N2/c1-5(2)9-6-4-13-14-8(6)3-7(11)10(9)12/h3-5H,1-2H3,(H,13,14). The van der Waals surface area contributed by atoms with Gasteiger partial charge in [-0.15, -0.1) is 0 Å². The highest BCUT2D eigenvalue weighted by atomic mass is 19.2. The molecule has 0 amide bonds. The van der Waals surface area contributed by atoms with Gasteiger partial charge in [0, 0.05) is 17.0 Å². The lowest BCUT2D eigenvalue weighted by Gasteiger charge is -2.08. The normalized spacial score (nSPS) is 11.5. The maximum absolute atomic E-state index is 13.4. The van der Waals surface area contributed by atoms with Gasteiger partial charge in [0.1, 0.15) is 0 Å². The summed E-state index contributed by atoms with van der Waals surface area (Å²) < 4.78 is 26.6. The molecule has 0 atom stereocenters. The lowest BCUT2D eigenvalue weighted by molar-refractivity contribution is 0.497. The first-order valence-corrected chi connectivity index (χ1v) is 4.42. The van der Waals surface area contributed by atoms with Crippen LogP contribution >= 0.6 is 0 Å². The second-order valence-corrected chi connectivity index (χ2v) is 3.57. The zero-order valence-corrected chi connectivity index (χ0v) is 7.94. The first kappa shape index (κ1) is 9.12. The van der Waals surface area contributed by atoms with Crippen LogP contribution in [0.5, 0.6) is 0 Å². The number of aromatic nitrogens is 2. The Labute approximate surface area is 79.9 Å². The number of nitrogens with zero attached hydrogens (tertiary/aromatic N) is 1. The number of benzene rings is 1. The van der Waals surface area contributed by atoms with Gasteiger partial charge < -0.3 is 0 Å². The maximum atomic E-state index is 13.4. The van der Waals surface area contributed by atoms with Gasteiger partial charge in [0.15, 0.2) is 11.6 Å². The number of nitrogens with one attached hydrogen (secondary N) is 1. The van der Waals surface area contributed by atoms with E-state index in [1.54, 1.807) is 0 Å². The van der Waals surface area contributed by atoms with Crippen LogP contribution in [0, 0.1) is 11.6 Å². The summed E-state index contributed by atoms with van der Waals surface area (Å²) in [5, 5.41) is 7.05. The van der Waals surface area contributed by atoms with Crippen LogP contribution in [0.4, 0.5) is 8.78 Å². The van der Waals surface area contributed by atoms with Gasteiger partial charge in [0.05, 0.1) is 11.7 Å². The molecular formula is C10H10F2N2. The highest BCUT2D eigenvalue weighted by Crippen LogP contribution is 2.28.